The molecule has 0 unspecified atom stereocenters. The van der Waals surface area contributed by atoms with Gasteiger partial charge in [0.1, 0.15) is 5.69 Å². The number of anilines is 1. The Balaban J connectivity index is 2.07. The van der Waals surface area contributed by atoms with Crippen LogP contribution in [0.3, 0.4) is 0 Å². The molecule has 1 fully saturated rings. The zero-order chi connectivity index (χ0) is 19.5. The van der Waals surface area contributed by atoms with Crippen molar-refractivity contribution in [2.24, 2.45) is 0 Å². The summed E-state index contributed by atoms with van der Waals surface area (Å²) in [5, 5.41) is 0. The molecule has 1 heterocycles. The lowest BCUT2D eigenvalue weighted by Gasteiger charge is -2.34. The summed E-state index contributed by atoms with van der Waals surface area (Å²) in [6.07, 6.45) is 0.607. The first kappa shape index (κ1) is 20.1. The van der Waals surface area contributed by atoms with Gasteiger partial charge < -0.3 is 9.80 Å². The highest BCUT2D eigenvalue weighted by Crippen LogP contribution is 2.25. The summed E-state index contributed by atoms with van der Waals surface area (Å²) in [6, 6.07) is 3.05. The maximum absolute atomic E-state index is 13.9. The van der Waals surface area contributed by atoms with E-state index in [-0.39, 0.29) is 24.8 Å². The van der Waals surface area contributed by atoms with Crippen LogP contribution in [0.1, 0.15) is 13.3 Å². The highest BCUT2D eigenvalue weighted by molar-refractivity contribution is 7.92. The van der Waals surface area contributed by atoms with Crippen molar-refractivity contribution in [2.75, 3.05) is 43.3 Å². The summed E-state index contributed by atoms with van der Waals surface area (Å²) in [7, 11) is -3.98. The fourth-order valence-corrected chi connectivity index (χ4v) is 3.73. The highest BCUT2D eigenvalue weighted by atomic mass is 32.2. The zero-order valence-corrected chi connectivity index (χ0v) is 15.4. The van der Waals surface area contributed by atoms with Gasteiger partial charge in [-0.2, -0.15) is 0 Å². The molecule has 0 saturated carbocycles. The van der Waals surface area contributed by atoms with Gasteiger partial charge in [-0.15, -0.1) is 0 Å². The van der Waals surface area contributed by atoms with Crippen LogP contribution in [-0.2, 0) is 19.6 Å². The normalized spacial score (nSPS) is 15.1. The third kappa shape index (κ3) is 4.69. The number of hydrogen-bond acceptors (Lipinski definition) is 4. The van der Waals surface area contributed by atoms with Crippen LogP contribution >= 0.6 is 0 Å². The Bertz CT molecular complexity index is 772. The first-order chi connectivity index (χ1) is 12.1. The van der Waals surface area contributed by atoms with Gasteiger partial charge >= 0.3 is 0 Å². The van der Waals surface area contributed by atoms with Crippen molar-refractivity contribution in [1.82, 2.24) is 9.80 Å². The van der Waals surface area contributed by atoms with Crippen LogP contribution in [0, 0.1) is 11.6 Å². The van der Waals surface area contributed by atoms with Gasteiger partial charge in [0.2, 0.25) is 21.8 Å². The molecule has 144 valence electrons. The third-order valence-electron chi connectivity index (χ3n) is 4.19. The van der Waals surface area contributed by atoms with Crippen LogP contribution in [0.5, 0.6) is 0 Å². The minimum atomic E-state index is -3.98. The summed E-state index contributed by atoms with van der Waals surface area (Å²) >= 11 is 0. The number of carbonyl (C=O) groups excluding carboxylic acids is 2. The number of para-hydroxylation sites is 1. The van der Waals surface area contributed by atoms with Crippen LogP contribution in [0.4, 0.5) is 14.5 Å². The van der Waals surface area contributed by atoms with Crippen LogP contribution < -0.4 is 4.31 Å². The van der Waals surface area contributed by atoms with Crippen LogP contribution in [-0.4, -0.2) is 69.0 Å². The lowest BCUT2D eigenvalue weighted by atomic mass is 10.2. The summed E-state index contributed by atoms with van der Waals surface area (Å²) in [4.78, 5) is 26.7. The Hall–Kier alpha value is -2.23. The van der Waals surface area contributed by atoms with E-state index in [4.69, 9.17) is 0 Å². The number of benzene rings is 1. The monoisotopic (exact) mass is 389 g/mol. The predicted molar refractivity (Wildman–Crippen MR) is 92.0 cm³/mol. The molecule has 2 rings (SSSR count). The second-order valence-corrected chi connectivity index (χ2v) is 7.95. The number of carbonyl (C=O) groups is 2. The van der Waals surface area contributed by atoms with Gasteiger partial charge in [-0.3, -0.25) is 13.9 Å². The van der Waals surface area contributed by atoms with E-state index in [0.717, 1.165) is 24.5 Å². The summed E-state index contributed by atoms with van der Waals surface area (Å²) in [5.41, 5.74) is -0.691. The van der Waals surface area contributed by atoms with E-state index in [1.54, 1.807) is 4.90 Å². The minimum absolute atomic E-state index is 0.0737. The smallest absolute Gasteiger partial charge is 0.232 e. The fourth-order valence-electron chi connectivity index (χ4n) is 2.80. The molecule has 1 saturated heterocycles. The van der Waals surface area contributed by atoms with Crippen molar-refractivity contribution in [3.05, 3.63) is 29.8 Å². The highest BCUT2D eigenvalue weighted by Gasteiger charge is 2.27. The second kappa shape index (κ2) is 7.98. The molecule has 7 nitrogen and oxygen atoms in total. The number of amides is 2. The van der Waals surface area contributed by atoms with Crippen molar-refractivity contribution >= 4 is 27.5 Å². The first-order valence-electron chi connectivity index (χ1n) is 8.06. The van der Waals surface area contributed by atoms with Crippen molar-refractivity contribution in [3.63, 3.8) is 0 Å². The standard InChI is InChI=1S/C16H21F2N3O4S/c1-12(22)19-8-10-20(11-9-19)15(23)6-7-21(26(2,24)25)16-13(17)4-3-5-14(16)18/h3-5H,6-11H2,1-2H3. The molecule has 0 bridgehead atoms. The Morgan fingerprint density at radius 2 is 1.58 bits per heavy atom. The largest absolute Gasteiger partial charge is 0.339 e. The average molecular weight is 389 g/mol. The van der Waals surface area contributed by atoms with Crippen LogP contribution in [0.25, 0.3) is 0 Å². The van der Waals surface area contributed by atoms with Crippen molar-refractivity contribution in [1.29, 1.82) is 0 Å². The molecule has 0 N–H and O–H groups in total. The van der Waals surface area contributed by atoms with E-state index in [2.05, 4.69) is 0 Å². The quantitative estimate of drug-likeness (QED) is 0.747. The Kier molecular flexibility index (Phi) is 6.17. The number of rotatable bonds is 5. The molecule has 1 aliphatic heterocycles. The van der Waals surface area contributed by atoms with Gasteiger partial charge in [-0.05, 0) is 12.1 Å². The molecule has 1 aliphatic rings. The second-order valence-electron chi connectivity index (χ2n) is 6.04. The maximum atomic E-state index is 13.9. The molecule has 0 radical (unpaired) electrons. The number of hydrogen-bond donors (Lipinski definition) is 0. The van der Waals surface area contributed by atoms with Gasteiger partial charge in [0.05, 0.1) is 6.26 Å². The van der Waals surface area contributed by atoms with Crippen LogP contribution in [0.2, 0.25) is 0 Å². The molecule has 0 aliphatic carbocycles. The van der Waals surface area contributed by atoms with Gasteiger partial charge in [0, 0.05) is 46.1 Å². The molecule has 0 aromatic heterocycles. The number of nitrogens with zero attached hydrogens (tertiary/aromatic N) is 3. The van der Waals surface area contributed by atoms with E-state index in [9.17, 15) is 26.8 Å². The SMILES string of the molecule is CC(=O)N1CCN(C(=O)CCN(c2c(F)cccc2F)S(C)(=O)=O)CC1. The molecule has 26 heavy (non-hydrogen) atoms. The first-order valence-corrected chi connectivity index (χ1v) is 9.91. The third-order valence-corrected chi connectivity index (χ3v) is 5.36. The molecular weight excluding hydrogens is 368 g/mol. The molecule has 1 aromatic rings. The zero-order valence-electron chi connectivity index (χ0n) is 14.6. The van der Waals surface area contributed by atoms with E-state index >= 15 is 0 Å². The molecule has 10 heteroatoms. The summed E-state index contributed by atoms with van der Waals surface area (Å²) in [5.74, 6) is -2.44. The maximum Gasteiger partial charge on any atom is 0.232 e. The minimum Gasteiger partial charge on any atom is -0.339 e. The lowest BCUT2D eigenvalue weighted by molar-refractivity contribution is -0.138. The Morgan fingerprint density at radius 3 is 2.04 bits per heavy atom. The van der Waals surface area contributed by atoms with Crippen molar-refractivity contribution in [2.45, 2.75) is 13.3 Å². The summed E-state index contributed by atoms with van der Waals surface area (Å²) in [6.45, 7) is 2.56. The van der Waals surface area contributed by atoms with E-state index in [1.165, 1.54) is 11.8 Å². The number of piperazine rings is 1. The molecule has 1 aromatic carbocycles. The fraction of sp³-hybridized carbons (Fsp3) is 0.500. The van der Waals surface area contributed by atoms with Crippen LogP contribution in [0.15, 0.2) is 18.2 Å². The molecule has 2 amide bonds. The summed E-state index contributed by atoms with van der Waals surface area (Å²) < 4.78 is 52.4. The van der Waals surface area contributed by atoms with Gasteiger partial charge in [0.25, 0.3) is 0 Å². The van der Waals surface area contributed by atoms with E-state index < -0.39 is 27.3 Å². The number of sulfonamides is 1. The Morgan fingerprint density at radius 1 is 1.08 bits per heavy atom. The molecule has 0 atom stereocenters. The van der Waals surface area contributed by atoms with Gasteiger partial charge in [-0.1, -0.05) is 6.07 Å². The van der Waals surface area contributed by atoms with E-state index in [1.807, 2.05) is 0 Å². The number of halogens is 2. The van der Waals surface area contributed by atoms with E-state index in [0.29, 0.717) is 30.5 Å². The topological polar surface area (TPSA) is 78.0 Å². The molecular formula is C16H21F2N3O4S. The van der Waals surface area contributed by atoms with Gasteiger partial charge in [-0.25, -0.2) is 17.2 Å². The van der Waals surface area contributed by atoms with Gasteiger partial charge in [0.15, 0.2) is 11.6 Å². The van der Waals surface area contributed by atoms with Crippen molar-refractivity contribution in [3.8, 4) is 0 Å². The predicted octanol–water partition coefficient (Wildman–Crippen LogP) is 0.812. The lowest BCUT2D eigenvalue weighted by Crippen LogP contribution is -2.50. The average Bonchev–Trinajstić information content (AvgIpc) is 2.56. The molecule has 0 spiro atoms. The Labute approximate surface area is 151 Å². The van der Waals surface area contributed by atoms with Crippen molar-refractivity contribution < 1.29 is 26.8 Å².